The molecule has 0 unspecified atom stereocenters. The number of carboxylic acids is 2. The molecule has 0 aromatic heterocycles. The smallest absolute Gasteiger partial charge is 0.414 e. The molecule has 0 aliphatic carbocycles. The minimum absolute atomic E-state index is 0.588. The molecule has 2 N–H and O–H groups in total. The van der Waals surface area contributed by atoms with E-state index in [2.05, 4.69) is 45.8 Å². The van der Waals surface area contributed by atoms with Gasteiger partial charge in [-0.3, -0.25) is 4.90 Å². The van der Waals surface area contributed by atoms with Crippen LogP contribution in [0, 0.1) is 6.92 Å². The van der Waals surface area contributed by atoms with Crippen molar-refractivity contribution in [3.05, 3.63) is 28.2 Å². The second-order valence-corrected chi connectivity index (χ2v) is 7.00. The summed E-state index contributed by atoms with van der Waals surface area (Å²) in [5.41, 5.74) is 1.22. The zero-order valence-corrected chi connectivity index (χ0v) is 17.3. The average molecular weight is 447 g/mol. The van der Waals surface area contributed by atoms with Crippen molar-refractivity contribution in [3.63, 3.8) is 0 Å². The first-order chi connectivity index (χ1) is 12.8. The monoisotopic (exact) mass is 446 g/mol. The molecule has 1 aromatic rings. The first-order valence-corrected chi connectivity index (χ1v) is 9.42. The lowest BCUT2D eigenvalue weighted by atomic mass is 10.2. The molecule has 2 rings (SSSR count). The van der Waals surface area contributed by atoms with Gasteiger partial charge in [-0.05, 0) is 47.6 Å². The molecule has 1 aromatic carbocycles. The van der Waals surface area contributed by atoms with Crippen molar-refractivity contribution >= 4 is 27.9 Å². The van der Waals surface area contributed by atoms with Gasteiger partial charge in [0.2, 0.25) is 0 Å². The molecule has 0 amide bonds. The van der Waals surface area contributed by atoms with Gasteiger partial charge >= 0.3 is 11.9 Å². The molecular formula is C18H27BrN2O6. The predicted molar refractivity (Wildman–Crippen MR) is 104 cm³/mol. The van der Waals surface area contributed by atoms with Gasteiger partial charge in [-0.1, -0.05) is 6.07 Å². The molecule has 8 nitrogen and oxygen atoms in total. The Hall–Kier alpha value is -1.68. The fourth-order valence-corrected chi connectivity index (χ4v) is 2.91. The standard InChI is InChI=1S/C16H25BrN2O2.C2H2O4/c1-14-3-4-16(15(17)13-14)21-12-11-20-10-9-19-7-5-18(2)6-8-19;3-1(4)2(5)6/h3-4,13H,5-12H2,1-2H3;(H,3,4)(H,5,6). The summed E-state index contributed by atoms with van der Waals surface area (Å²) in [5.74, 6) is -2.77. The number of benzene rings is 1. The van der Waals surface area contributed by atoms with Gasteiger partial charge in [0.05, 0.1) is 17.7 Å². The van der Waals surface area contributed by atoms with E-state index in [1.165, 1.54) is 5.56 Å². The van der Waals surface area contributed by atoms with E-state index >= 15 is 0 Å². The van der Waals surface area contributed by atoms with E-state index in [4.69, 9.17) is 29.3 Å². The molecule has 0 atom stereocenters. The summed E-state index contributed by atoms with van der Waals surface area (Å²) >= 11 is 3.51. The Morgan fingerprint density at radius 2 is 1.70 bits per heavy atom. The third kappa shape index (κ3) is 10.3. The molecule has 0 saturated carbocycles. The first-order valence-electron chi connectivity index (χ1n) is 8.63. The fraction of sp³-hybridized carbons (Fsp3) is 0.556. The second-order valence-electron chi connectivity index (χ2n) is 6.15. The highest BCUT2D eigenvalue weighted by Crippen LogP contribution is 2.25. The van der Waals surface area contributed by atoms with Gasteiger partial charge in [-0.15, -0.1) is 0 Å². The van der Waals surface area contributed by atoms with Crippen LogP contribution in [0.2, 0.25) is 0 Å². The van der Waals surface area contributed by atoms with Crippen molar-refractivity contribution in [3.8, 4) is 5.75 Å². The average Bonchev–Trinajstić information content (AvgIpc) is 2.61. The third-order valence-corrected chi connectivity index (χ3v) is 4.52. The number of ether oxygens (including phenoxy) is 2. The van der Waals surface area contributed by atoms with Crippen LogP contribution in [0.5, 0.6) is 5.75 Å². The lowest BCUT2D eigenvalue weighted by Crippen LogP contribution is -2.45. The summed E-state index contributed by atoms with van der Waals surface area (Å²) in [4.78, 5) is 23.0. The lowest BCUT2D eigenvalue weighted by Gasteiger charge is -2.32. The van der Waals surface area contributed by atoms with Crippen molar-refractivity contribution in [2.75, 3.05) is 59.6 Å². The summed E-state index contributed by atoms with van der Waals surface area (Å²) in [6, 6.07) is 6.10. The largest absolute Gasteiger partial charge is 0.490 e. The fourth-order valence-electron chi connectivity index (χ4n) is 2.30. The molecule has 0 spiro atoms. The molecule has 1 saturated heterocycles. The topological polar surface area (TPSA) is 99.5 Å². The van der Waals surface area contributed by atoms with Crippen LogP contribution in [0.4, 0.5) is 0 Å². The highest BCUT2D eigenvalue weighted by molar-refractivity contribution is 9.10. The van der Waals surface area contributed by atoms with Crippen LogP contribution in [0.1, 0.15) is 5.56 Å². The Bertz CT molecular complexity index is 594. The highest BCUT2D eigenvalue weighted by Gasteiger charge is 2.12. The molecule has 1 fully saturated rings. The number of piperazine rings is 1. The number of hydrogen-bond acceptors (Lipinski definition) is 6. The van der Waals surface area contributed by atoms with Gasteiger partial charge < -0.3 is 24.6 Å². The maximum Gasteiger partial charge on any atom is 0.414 e. The molecule has 9 heteroatoms. The summed E-state index contributed by atoms with van der Waals surface area (Å²) in [6.45, 7) is 9.69. The van der Waals surface area contributed by atoms with Gasteiger partial charge in [0.1, 0.15) is 12.4 Å². The normalized spacial score (nSPS) is 14.9. The Kier molecular flexibility index (Phi) is 11.0. The minimum atomic E-state index is -1.82. The van der Waals surface area contributed by atoms with E-state index in [9.17, 15) is 0 Å². The molecule has 0 bridgehead atoms. The molecule has 1 aliphatic heterocycles. The zero-order valence-electron chi connectivity index (χ0n) is 15.7. The van der Waals surface area contributed by atoms with E-state index in [-0.39, 0.29) is 0 Å². The van der Waals surface area contributed by atoms with Crippen molar-refractivity contribution in [1.82, 2.24) is 9.80 Å². The van der Waals surface area contributed by atoms with Gasteiger partial charge in [0.15, 0.2) is 0 Å². The molecule has 27 heavy (non-hydrogen) atoms. The van der Waals surface area contributed by atoms with Crippen molar-refractivity contribution in [2.24, 2.45) is 0 Å². The van der Waals surface area contributed by atoms with Gasteiger partial charge in [-0.25, -0.2) is 9.59 Å². The van der Waals surface area contributed by atoms with Crippen molar-refractivity contribution in [1.29, 1.82) is 0 Å². The van der Waals surface area contributed by atoms with Crippen LogP contribution < -0.4 is 4.74 Å². The quantitative estimate of drug-likeness (QED) is 0.480. The number of carbonyl (C=O) groups is 2. The molecular weight excluding hydrogens is 420 g/mol. The minimum Gasteiger partial charge on any atom is -0.490 e. The molecule has 152 valence electrons. The summed E-state index contributed by atoms with van der Waals surface area (Å²) in [5, 5.41) is 14.8. The Labute approximate surface area is 167 Å². The maximum atomic E-state index is 9.10. The van der Waals surface area contributed by atoms with Crippen LogP contribution in [-0.2, 0) is 14.3 Å². The SMILES string of the molecule is Cc1ccc(OCCOCCN2CCN(C)CC2)c(Br)c1.O=C(O)C(=O)O. The van der Waals surface area contributed by atoms with E-state index in [0.717, 1.165) is 49.6 Å². The van der Waals surface area contributed by atoms with E-state index in [1.54, 1.807) is 0 Å². The van der Waals surface area contributed by atoms with Crippen LogP contribution in [0.25, 0.3) is 0 Å². The maximum absolute atomic E-state index is 9.10. The molecule has 0 radical (unpaired) electrons. The van der Waals surface area contributed by atoms with E-state index in [0.29, 0.717) is 13.2 Å². The van der Waals surface area contributed by atoms with Gasteiger partial charge in [-0.2, -0.15) is 0 Å². The Balaban J connectivity index is 0.000000527. The molecule has 1 heterocycles. The first kappa shape index (κ1) is 23.4. The van der Waals surface area contributed by atoms with Gasteiger partial charge in [0.25, 0.3) is 0 Å². The lowest BCUT2D eigenvalue weighted by molar-refractivity contribution is -0.159. The van der Waals surface area contributed by atoms with E-state index in [1.807, 2.05) is 12.1 Å². The van der Waals surface area contributed by atoms with Crippen LogP contribution in [0.3, 0.4) is 0 Å². The number of aryl methyl sites for hydroxylation is 1. The van der Waals surface area contributed by atoms with Crippen LogP contribution >= 0.6 is 15.9 Å². The number of hydrogen-bond donors (Lipinski definition) is 2. The summed E-state index contributed by atoms with van der Waals surface area (Å²) in [7, 11) is 2.17. The number of aliphatic carboxylic acids is 2. The predicted octanol–water partition coefficient (Wildman–Crippen LogP) is 1.56. The second kappa shape index (κ2) is 12.7. The van der Waals surface area contributed by atoms with Gasteiger partial charge in [0, 0.05) is 32.7 Å². The van der Waals surface area contributed by atoms with Crippen molar-refractivity contribution < 1.29 is 29.3 Å². The summed E-state index contributed by atoms with van der Waals surface area (Å²) < 4.78 is 12.4. The number of rotatable bonds is 7. The molecule has 1 aliphatic rings. The third-order valence-electron chi connectivity index (χ3n) is 3.90. The number of halogens is 1. The van der Waals surface area contributed by atoms with Crippen LogP contribution in [-0.4, -0.2) is 91.5 Å². The summed E-state index contributed by atoms with van der Waals surface area (Å²) in [6.07, 6.45) is 0. The zero-order chi connectivity index (χ0) is 20.2. The number of likely N-dealkylation sites (N-methyl/N-ethyl adjacent to an activating group) is 1. The number of carboxylic acid groups (broad SMARTS) is 2. The van der Waals surface area contributed by atoms with Crippen LogP contribution in [0.15, 0.2) is 22.7 Å². The van der Waals surface area contributed by atoms with E-state index < -0.39 is 11.9 Å². The Morgan fingerprint density at radius 1 is 1.07 bits per heavy atom. The Morgan fingerprint density at radius 3 is 2.26 bits per heavy atom. The van der Waals surface area contributed by atoms with Crippen molar-refractivity contribution in [2.45, 2.75) is 6.92 Å². The highest BCUT2D eigenvalue weighted by atomic mass is 79.9. The number of nitrogens with zero attached hydrogens (tertiary/aromatic N) is 2.